The number of amides is 1. The largest absolute Gasteiger partial charge is 0.493 e. The molecule has 1 aliphatic carbocycles. The summed E-state index contributed by atoms with van der Waals surface area (Å²) in [5.41, 5.74) is 7.52. The summed E-state index contributed by atoms with van der Waals surface area (Å²) >= 11 is 0. The first-order valence-corrected chi connectivity index (χ1v) is 14.9. The van der Waals surface area contributed by atoms with Gasteiger partial charge in [-0.15, -0.1) is 0 Å². The Kier molecular flexibility index (Phi) is 6.97. The smallest absolute Gasteiger partial charge is 0.411 e. The lowest BCUT2D eigenvalue weighted by Gasteiger charge is -2.39. The van der Waals surface area contributed by atoms with Crippen molar-refractivity contribution >= 4 is 28.6 Å². The van der Waals surface area contributed by atoms with Crippen LogP contribution >= 0.6 is 0 Å². The molecule has 0 bridgehead atoms. The van der Waals surface area contributed by atoms with Crippen LogP contribution in [0.2, 0.25) is 0 Å². The summed E-state index contributed by atoms with van der Waals surface area (Å²) in [6, 6.07) is 30.8. The van der Waals surface area contributed by atoms with E-state index in [0.29, 0.717) is 23.8 Å². The van der Waals surface area contributed by atoms with Crippen LogP contribution in [0.5, 0.6) is 17.2 Å². The Bertz CT molecular complexity index is 1910. The van der Waals surface area contributed by atoms with E-state index in [9.17, 15) is 4.79 Å². The zero-order chi connectivity index (χ0) is 30.3. The molecular weight excluding hydrogens is 550 g/mol. The van der Waals surface area contributed by atoms with Crippen molar-refractivity contribution in [1.29, 1.82) is 0 Å². The second-order valence-corrected chi connectivity index (χ2v) is 11.0. The fourth-order valence-corrected chi connectivity index (χ4v) is 6.58. The van der Waals surface area contributed by atoms with Crippen molar-refractivity contribution in [3.05, 3.63) is 125 Å². The van der Waals surface area contributed by atoms with Gasteiger partial charge in [0.15, 0.2) is 17.1 Å². The molecular formula is C38H33NO5. The number of nitrogens with one attached hydrogen (secondary N) is 1. The monoisotopic (exact) mass is 583 g/mol. The molecule has 1 N–H and O–H groups in total. The summed E-state index contributed by atoms with van der Waals surface area (Å²) in [5.74, 6) is 2.22. The Labute approximate surface area is 256 Å². The molecule has 5 aromatic rings. The van der Waals surface area contributed by atoms with E-state index in [-0.39, 0.29) is 0 Å². The van der Waals surface area contributed by atoms with Crippen molar-refractivity contribution in [2.45, 2.75) is 25.4 Å². The average Bonchev–Trinajstić information content (AvgIpc) is 3.08. The van der Waals surface area contributed by atoms with E-state index < -0.39 is 11.7 Å². The van der Waals surface area contributed by atoms with E-state index in [2.05, 4.69) is 66.0 Å². The van der Waals surface area contributed by atoms with E-state index in [0.717, 1.165) is 51.6 Å². The zero-order valence-corrected chi connectivity index (χ0v) is 25.0. The lowest BCUT2D eigenvalue weighted by Crippen LogP contribution is -2.35. The fourth-order valence-electron chi connectivity index (χ4n) is 6.58. The van der Waals surface area contributed by atoms with Crippen LogP contribution in [0, 0.1) is 0 Å². The van der Waals surface area contributed by atoms with E-state index in [1.54, 1.807) is 21.1 Å². The third kappa shape index (κ3) is 4.45. The van der Waals surface area contributed by atoms with E-state index in [1.807, 2.05) is 42.5 Å². The summed E-state index contributed by atoms with van der Waals surface area (Å²) in [4.78, 5) is 12.1. The van der Waals surface area contributed by atoms with E-state index in [4.69, 9.17) is 18.9 Å². The number of anilines is 1. The maximum atomic E-state index is 12.1. The Balaban J connectivity index is 1.47. The van der Waals surface area contributed by atoms with Crippen LogP contribution in [0.25, 0.3) is 28.0 Å². The van der Waals surface area contributed by atoms with Gasteiger partial charge in [0.1, 0.15) is 5.75 Å². The lowest BCUT2D eigenvalue weighted by atomic mass is 9.78. The van der Waals surface area contributed by atoms with Crippen LogP contribution in [0.15, 0.2) is 97.1 Å². The van der Waals surface area contributed by atoms with Gasteiger partial charge in [-0.2, -0.15) is 0 Å². The molecule has 0 saturated heterocycles. The van der Waals surface area contributed by atoms with Crippen molar-refractivity contribution in [2.24, 2.45) is 0 Å². The number of ether oxygens (including phenoxy) is 4. The first kappa shape index (κ1) is 27.6. The molecule has 0 saturated carbocycles. The molecule has 44 heavy (non-hydrogen) atoms. The van der Waals surface area contributed by atoms with Gasteiger partial charge < -0.3 is 18.9 Å². The minimum absolute atomic E-state index is 0.305. The van der Waals surface area contributed by atoms with Gasteiger partial charge in [-0.05, 0) is 83.6 Å². The minimum atomic E-state index is -0.916. The maximum Gasteiger partial charge on any atom is 0.411 e. The van der Waals surface area contributed by atoms with Gasteiger partial charge in [0.2, 0.25) is 0 Å². The maximum absolute atomic E-state index is 12.1. The Morgan fingerprint density at radius 1 is 0.841 bits per heavy atom. The first-order chi connectivity index (χ1) is 21.6. The standard InChI is InChI=1S/C38H33NO5/c1-4-43-37(40)39-27-17-15-26(16-18-27)38(25-11-6-5-7-12-25)21-20-30-32-23-34(42-3)33(41-2)22-31(32)29-19-14-24-10-8-9-13-28(24)35(29)36(30)44-38/h5-13,15-18,20-23H,4,14,19H2,1-3H3,(H,39,40). The van der Waals surface area contributed by atoms with Crippen LogP contribution in [-0.2, 0) is 23.2 Å². The summed E-state index contributed by atoms with van der Waals surface area (Å²) in [5, 5.41) is 4.99. The highest BCUT2D eigenvalue weighted by Crippen LogP contribution is 2.53. The quantitative estimate of drug-likeness (QED) is 0.217. The SMILES string of the molecule is CCOC(=O)Nc1ccc(C2(c3ccccc3)C=Cc3c(c4c(c5cc(OC)c(OC)cc35)CCc3ccccc3-4)O2)cc1. The van der Waals surface area contributed by atoms with Gasteiger partial charge in [-0.25, -0.2) is 4.79 Å². The third-order valence-electron chi connectivity index (χ3n) is 8.63. The molecule has 1 aliphatic heterocycles. The second kappa shape index (κ2) is 11.1. The predicted molar refractivity (Wildman–Crippen MR) is 174 cm³/mol. The Hall–Kier alpha value is -5.23. The predicted octanol–water partition coefficient (Wildman–Crippen LogP) is 8.54. The van der Waals surface area contributed by atoms with Gasteiger partial charge in [0.25, 0.3) is 0 Å². The molecule has 1 unspecified atom stereocenters. The minimum Gasteiger partial charge on any atom is -0.493 e. The topological polar surface area (TPSA) is 66.0 Å². The summed E-state index contributed by atoms with van der Waals surface area (Å²) in [6.07, 6.45) is 5.66. The highest BCUT2D eigenvalue weighted by molar-refractivity contribution is 6.05. The number of fused-ring (bicyclic) bond motifs is 8. The van der Waals surface area contributed by atoms with Gasteiger partial charge in [-0.3, -0.25) is 5.32 Å². The number of carbonyl (C=O) groups excluding carboxylic acids is 1. The zero-order valence-electron chi connectivity index (χ0n) is 25.0. The molecule has 220 valence electrons. The number of carbonyl (C=O) groups is 1. The third-order valence-corrected chi connectivity index (χ3v) is 8.63. The molecule has 2 aliphatic rings. The molecule has 7 rings (SSSR count). The summed E-state index contributed by atoms with van der Waals surface area (Å²) < 4.78 is 23.9. The lowest BCUT2D eigenvalue weighted by molar-refractivity contribution is 0.162. The molecule has 1 atom stereocenters. The molecule has 1 amide bonds. The van der Waals surface area contributed by atoms with E-state index >= 15 is 0 Å². The molecule has 1 heterocycles. The number of benzene rings is 5. The van der Waals surface area contributed by atoms with Crippen molar-refractivity contribution < 1.29 is 23.7 Å². The summed E-state index contributed by atoms with van der Waals surface area (Å²) in [7, 11) is 3.34. The number of hydrogen-bond acceptors (Lipinski definition) is 5. The molecule has 0 spiro atoms. The van der Waals surface area contributed by atoms with Gasteiger partial charge >= 0.3 is 6.09 Å². The molecule has 0 fully saturated rings. The van der Waals surface area contributed by atoms with Gasteiger partial charge in [0, 0.05) is 27.9 Å². The Morgan fingerprint density at radius 2 is 1.52 bits per heavy atom. The van der Waals surface area contributed by atoms with E-state index in [1.165, 1.54) is 16.7 Å². The summed E-state index contributed by atoms with van der Waals surface area (Å²) in [6.45, 7) is 2.09. The molecule has 5 aromatic carbocycles. The normalized spacial score (nSPS) is 16.2. The van der Waals surface area contributed by atoms with Gasteiger partial charge in [0.05, 0.1) is 20.8 Å². The highest BCUT2D eigenvalue weighted by Gasteiger charge is 2.40. The van der Waals surface area contributed by atoms with Crippen molar-refractivity contribution in [2.75, 3.05) is 26.1 Å². The van der Waals surface area contributed by atoms with Crippen LogP contribution < -0.4 is 19.5 Å². The molecule has 0 aromatic heterocycles. The van der Waals surface area contributed by atoms with Crippen LogP contribution in [0.4, 0.5) is 10.5 Å². The molecule has 6 heteroatoms. The highest BCUT2D eigenvalue weighted by atomic mass is 16.5. The molecule has 6 nitrogen and oxygen atoms in total. The van der Waals surface area contributed by atoms with Crippen LogP contribution in [0.3, 0.4) is 0 Å². The second-order valence-electron chi connectivity index (χ2n) is 11.0. The number of methoxy groups -OCH3 is 2. The van der Waals surface area contributed by atoms with Gasteiger partial charge in [-0.1, -0.05) is 66.7 Å². The number of aryl methyl sites for hydroxylation is 2. The van der Waals surface area contributed by atoms with Crippen molar-refractivity contribution in [3.8, 4) is 28.4 Å². The fraction of sp³-hybridized carbons (Fsp3) is 0.184. The first-order valence-electron chi connectivity index (χ1n) is 14.9. The van der Waals surface area contributed by atoms with Crippen LogP contribution in [-0.4, -0.2) is 26.9 Å². The molecule has 0 radical (unpaired) electrons. The Morgan fingerprint density at radius 3 is 2.25 bits per heavy atom. The van der Waals surface area contributed by atoms with Crippen LogP contribution in [0.1, 0.15) is 34.7 Å². The number of hydrogen-bond donors (Lipinski definition) is 1. The number of rotatable bonds is 6. The van der Waals surface area contributed by atoms with Crippen molar-refractivity contribution in [3.63, 3.8) is 0 Å². The van der Waals surface area contributed by atoms with Crippen molar-refractivity contribution in [1.82, 2.24) is 0 Å². The average molecular weight is 584 g/mol.